The van der Waals surface area contributed by atoms with Crippen LogP contribution in [0.4, 0.5) is 10.5 Å². The van der Waals surface area contributed by atoms with E-state index in [0.717, 1.165) is 30.7 Å². The van der Waals surface area contributed by atoms with Crippen LogP contribution < -0.4 is 20.7 Å². The lowest BCUT2D eigenvalue weighted by Crippen LogP contribution is -2.41. The van der Waals surface area contributed by atoms with Gasteiger partial charge in [-0.05, 0) is 31.5 Å². The molecule has 0 aromatic heterocycles. The Hall–Kier alpha value is -1.75. The van der Waals surface area contributed by atoms with Crippen LogP contribution in [-0.4, -0.2) is 32.8 Å². The molecule has 1 rings (SSSR count). The number of rotatable bonds is 8. The molecule has 0 radical (unpaired) electrons. The number of urea groups is 1. The van der Waals surface area contributed by atoms with Gasteiger partial charge in [-0.25, -0.2) is 4.79 Å². The molecular formula is C15H25N3O2. The van der Waals surface area contributed by atoms with Crippen molar-refractivity contribution in [2.45, 2.75) is 26.2 Å². The van der Waals surface area contributed by atoms with Crippen LogP contribution >= 0.6 is 0 Å². The highest BCUT2D eigenvalue weighted by atomic mass is 16.5. The van der Waals surface area contributed by atoms with Crippen LogP contribution in [0.5, 0.6) is 5.75 Å². The fraction of sp³-hybridized carbons (Fsp3) is 0.533. The first-order chi connectivity index (χ1) is 9.72. The zero-order valence-electron chi connectivity index (χ0n) is 12.4. The summed E-state index contributed by atoms with van der Waals surface area (Å²) in [6.45, 7) is 3.95. The number of carbonyl (C=O) groups is 1. The maximum atomic E-state index is 12.3. The SMILES string of the molecule is CCCCNC(=O)N(CCCN)c1cccc(OC)c1. The second kappa shape index (κ2) is 9.20. The van der Waals surface area contributed by atoms with E-state index in [1.54, 1.807) is 12.0 Å². The van der Waals surface area contributed by atoms with E-state index in [1.165, 1.54) is 0 Å². The van der Waals surface area contributed by atoms with E-state index in [2.05, 4.69) is 12.2 Å². The largest absolute Gasteiger partial charge is 0.497 e. The maximum absolute atomic E-state index is 12.3. The molecule has 0 aliphatic carbocycles. The van der Waals surface area contributed by atoms with Gasteiger partial charge in [0, 0.05) is 24.8 Å². The highest BCUT2D eigenvalue weighted by molar-refractivity contribution is 5.92. The van der Waals surface area contributed by atoms with Gasteiger partial charge in [-0.15, -0.1) is 0 Å². The summed E-state index contributed by atoms with van der Waals surface area (Å²) in [5, 5.41) is 2.93. The van der Waals surface area contributed by atoms with Crippen LogP contribution in [0, 0.1) is 0 Å². The van der Waals surface area contributed by atoms with E-state index < -0.39 is 0 Å². The molecule has 0 aliphatic rings. The van der Waals surface area contributed by atoms with Crippen LogP contribution in [0.3, 0.4) is 0 Å². The van der Waals surface area contributed by atoms with E-state index in [-0.39, 0.29) is 6.03 Å². The van der Waals surface area contributed by atoms with Gasteiger partial charge in [0.25, 0.3) is 0 Å². The Labute approximate surface area is 121 Å². The molecule has 2 amide bonds. The number of nitrogens with two attached hydrogens (primary N) is 1. The number of methoxy groups -OCH3 is 1. The molecular weight excluding hydrogens is 254 g/mol. The molecule has 20 heavy (non-hydrogen) atoms. The summed E-state index contributed by atoms with van der Waals surface area (Å²) in [5.41, 5.74) is 6.38. The predicted molar refractivity (Wildman–Crippen MR) is 82.3 cm³/mol. The summed E-state index contributed by atoms with van der Waals surface area (Å²) in [4.78, 5) is 14.0. The molecule has 0 bridgehead atoms. The Morgan fingerprint density at radius 1 is 1.40 bits per heavy atom. The highest BCUT2D eigenvalue weighted by Crippen LogP contribution is 2.21. The maximum Gasteiger partial charge on any atom is 0.321 e. The molecule has 0 saturated heterocycles. The van der Waals surface area contributed by atoms with Crippen molar-refractivity contribution in [1.82, 2.24) is 5.32 Å². The lowest BCUT2D eigenvalue weighted by atomic mass is 10.2. The Morgan fingerprint density at radius 3 is 2.85 bits per heavy atom. The van der Waals surface area contributed by atoms with E-state index in [1.807, 2.05) is 24.3 Å². The third kappa shape index (κ3) is 5.09. The van der Waals surface area contributed by atoms with Gasteiger partial charge in [-0.3, -0.25) is 4.90 Å². The average molecular weight is 279 g/mol. The van der Waals surface area contributed by atoms with E-state index in [4.69, 9.17) is 10.5 Å². The minimum Gasteiger partial charge on any atom is -0.497 e. The van der Waals surface area contributed by atoms with E-state index in [9.17, 15) is 4.79 Å². The quantitative estimate of drug-likeness (QED) is 0.718. The van der Waals surface area contributed by atoms with Gasteiger partial charge in [0.2, 0.25) is 0 Å². The fourth-order valence-electron chi connectivity index (χ4n) is 1.84. The first kappa shape index (κ1) is 16.3. The van der Waals surface area contributed by atoms with Crippen LogP contribution in [0.25, 0.3) is 0 Å². The first-order valence-electron chi connectivity index (χ1n) is 7.12. The van der Waals surface area contributed by atoms with Crippen molar-refractivity contribution in [2.24, 2.45) is 5.73 Å². The van der Waals surface area contributed by atoms with Gasteiger partial charge < -0.3 is 15.8 Å². The number of ether oxygens (including phenoxy) is 1. The number of hydrogen-bond acceptors (Lipinski definition) is 3. The van der Waals surface area contributed by atoms with Crippen molar-refractivity contribution in [3.05, 3.63) is 24.3 Å². The third-order valence-corrected chi connectivity index (χ3v) is 3.00. The average Bonchev–Trinajstić information content (AvgIpc) is 2.48. The van der Waals surface area contributed by atoms with Crippen molar-refractivity contribution in [2.75, 3.05) is 31.6 Å². The zero-order valence-corrected chi connectivity index (χ0v) is 12.4. The van der Waals surface area contributed by atoms with Crippen molar-refractivity contribution >= 4 is 11.7 Å². The number of hydrogen-bond donors (Lipinski definition) is 2. The van der Waals surface area contributed by atoms with E-state index >= 15 is 0 Å². The van der Waals surface area contributed by atoms with Crippen molar-refractivity contribution in [3.8, 4) is 5.75 Å². The summed E-state index contributed by atoms with van der Waals surface area (Å²) < 4.78 is 5.20. The molecule has 3 N–H and O–H groups in total. The molecule has 0 fully saturated rings. The lowest BCUT2D eigenvalue weighted by Gasteiger charge is -2.23. The number of nitrogens with one attached hydrogen (secondary N) is 1. The Bertz CT molecular complexity index is 410. The van der Waals surface area contributed by atoms with Gasteiger partial charge in [-0.1, -0.05) is 19.4 Å². The Balaban J connectivity index is 2.78. The number of nitrogens with zero attached hydrogens (tertiary/aromatic N) is 1. The minimum absolute atomic E-state index is 0.0832. The smallest absolute Gasteiger partial charge is 0.321 e. The number of amides is 2. The first-order valence-corrected chi connectivity index (χ1v) is 7.12. The molecule has 0 unspecified atom stereocenters. The summed E-state index contributed by atoms with van der Waals surface area (Å²) in [7, 11) is 1.62. The highest BCUT2D eigenvalue weighted by Gasteiger charge is 2.15. The Morgan fingerprint density at radius 2 is 2.20 bits per heavy atom. The topological polar surface area (TPSA) is 67.6 Å². The molecule has 0 aliphatic heterocycles. The van der Waals surface area contributed by atoms with Crippen molar-refractivity contribution in [1.29, 1.82) is 0 Å². The van der Waals surface area contributed by atoms with Crippen LogP contribution in [-0.2, 0) is 0 Å². The number of anilines is 1. The Kier molecular flexibility index (Phi) is 7.50. The number of carbonyl (C=O) groups excluding carboxylic acids is 1. The molecule has 5 heteroatoms. The number of unbranched alkanes of at least 4 members (excludes halogenated alkanes) is 1. The molecule has 1 aromatic carbocycles. The minimum atomic E-state index is -0.0832. The van der Waals surface area contributed by atoms with Gasteiger partial charge in [-0.2, -0.15) is 0 Å². The van der Waals surface area contributed by atoms with Gasteiger partial charge >= 0.3 is 6.03 Å². The zero-order chi connectivity index (χ0) is 14.8. The van der Waals surface area contributed by atoms with Crippen LogP contribution in [0.1, 0.15) is 26.2 Å². The second-order valence-electron chi connectivity index (χ2n) is 4.58. The van der Waals surface area contributed by atoms with Crippen LogP contribution in [0.15, 0.2) is 24.3 Å². The predicted octanol–water partition coefficient (Wildman–Crippen LogP) is 2.36. The standard InChI is InChI=1S/C15H25N3O2/c1-3-4-10-17-15(19)18(11-6-9-16)13-7-5-8-14(12-13)20-2/h5,7-8,12H,3-4,6,9-11,16H2,1-2H3,(H,17,19). The molecule has 5 nitrogen and oxygen atoms in total. The summed E-state index contributed by atoms with van der Waals surface area (Å²) in [6.07, 6.45) is 2.80. The summed E-state index contributed by atoms with van der Waals surface area (Å²) in [5.74, 6) is 0.738. The fourth-order valence-corrected chi connectivity index (χ4v) is 1.84. The number of benzene rings is 1. The molecule has 0 atom stereocenters. The van der Waals surface area contributed by atoms with E-state index in [0.29, 0.717) is 19.6 Å². The van der Waals surface area contributed by atoms with Gasteiger partial charge in [0.15, 0.2) is 0 Å². The molecule has 0 heterocycles. The van der Waals surface area contributed by atoms with Crippen LogP contribution in [0.2, 0.25) is 0 Å². The molecule has 1 aromatic rings. The lowest BCUT2D eigenvalue weighted by molar-refractivity contribution is 0.246. The van der Waals surface area contributed by atoms with Gasteiger partial charge in [0.05, 0.1) is 7.11 Å². The van der Waals surface area contributed by atoms with Crippen molar-refractivity contribution in [3.63, 3.8) is 0 Å². The molecule has 112 valence electrons. The third-order valence-electron chi connectivity index (χ3n) is 3.00. The second-order valence-corrected chi connectivity index (χ2v) is 4.58. The van der Waals surface area contributed by atoms with Gasteiger partial charge in [0.1, 0.15) is 5.75 Å². The summed E-state index contributed by atoms with van der Waals surface area (Å²) >= 11 is 0. The summed E-state index contributed by atoms with van der Waals surface area (Å²) in [6, 6.07) is 7.41. The molecule has 0 saturated carbocycles. The van der Waals surface area contributed by atoms with Crippen molar-refractivity contribution < 1.29 is 9.53 Å². The monoisotopic (exact) mass is 279 g/mol. The molecule has 0 spiro atoms. The normalized spacial score (nSPS) is 10.2.